The molecule has 2 aromatic carbocycles. The molecule has 0 bridgehead atoms. The summed E-state index contributed by atoms with van der Waals surface area (Å²) in [6.07, 6.45) is 1.62. The lowest BCUT2D eigenvalue weighted by molar-refractivity contribution is 0.110. The Morgan fingerprint density at radius 3 is 2.32 bits per heavy atom. The minimum atomic E-state index is -3.48. The third kappa shape index (κ3) is 3.77. The number of rotatable bonds is 5. The minimum Gasteiger partial charge on any atom is -0.454 e. The zero-order valence-corrected chi connectivity index (χ0v) is 13.9. The van der Waals surface area contributed by atoms with Crippen LogP contribution in [0.25, 0.3) is 11.3 Å². The van der Waals surface area contributed by atoms with E-state index in [0.717, 1.165) is 17.9 Å². The Labute approximate surface area is 143 Å². The lowest BCUT2D eigenvalue weighted by Crippen LogP contribution is -1.98. The zero-order valence-electron chi connectivity index (χ0n) is 13.1. The molecule has 128 valence electrons. The molecule has 0 unspecified atom stereocenters. The van der Waals surface area contributed by atoms with Crippen LogP contribution in [0.4, 0.5) is 4.39 Å². The molecular weight excluding hydrogens is 347 g/mol. The van der Waals surface area contributed by atoms with Crippen LogP contribution in [-0.2, 0) is 9.84 Å². The van der Waals surface area contributed by atoms with E-state index in [1.54, 1.807) is 36.4 Å². The van der Waals surface area contributed by atoms with Crippen LogP contribution in [0.5, 0.6) is 11.5 Å². The number of hydrogen-bond acceptors (Lipinski definition) is 5. The van der Waals surface area contributed by atoms with Crippen molar-refractivity contribution < 1.29 is 26.8 Å². The maximum Gasteiger partial charge on any atom is 0.185 e. The van der Waals surface area contributed by atoms with Crippen molar-refractivity contribution in [3.8, 4) is 22.8 Å². The van der Waals surface area contributed by atoms with Crippen LogP contribution in [0.15, 0.2) is 63.9 Å². The van der Waals surface area contributed by atoms with E-state index in [2.05, 4.69) is 0 Å². The number of furan rings is 1. The molecule has 3 aromatic rings. The van der Waals surface area contributed by atoms with Gasteiger partial charge in [-0.25, -0.2) is 12.8 Å². The first-order chi connectivity index (χ1) is 11.9. The second-order valence-corrected chi connectivity index (χ2v) is 7.33. The second-order valence-electron chi connectivity index (χ2n) is 5.31. The van der Waals surface area contributed by atoms with Crippen LogP contribution in [0.2, 0.25) is 0 Å². The van der Waals surface area contributed by atoms with Crippen molar-refractivity contribution in [3.05, 3.63) is 66.2 Å². The van der Waals surface area contributed by atoms with Gasteiger partial charge in [0.2, 0.25) is 0 Å². The summed E-state index contributed by atoms with van der Waals surface area (Å²) in [5.74, 6) is 0.271. The summed E-state index contributed by atoms with van der Waals surface area (Å²) >= 11 is 0. The molecule has 25 heavy (non-hydrogen) atoms. The van der Waals surface area contributed by atoms with Crippen LogP contribution >= 0.6 is 0 Å². The number of sulfone groups is 1. The SMILES string of the molecule is CS(=O)(=O)c1ccc(Oc2ccc(-c3ccc(C=O)o3)cc2)c(F)c1. The van der Waals surface area contributed by atoms with Crippen LogP contribution in [0.3, 0.4) is 0 Å². The fourth-order valence-electron chi connectivity index (χ4n) is 2.18. The first-order valence-electron chi connectivity index (χ1n) is 7.20. The van der Waals surface area contributed by atoms with Gasteiger partial charge in [0.15, 0.2) is 33.5 Å². The smallest absolute Gasteiger partial charge is 0.185 e. The molecular formula is C18H13FO5S. The molecule has 0 saturated carbocycles. The Morgan fingerprint density at radius 1 is 1.04 bits per heavy atom. The lowest BCUT2D eigenvalue weighted by atomic mass is 10.2. The van der Waals surface area contributed by atoms with Crippen molar-refractivity contribution in [3.63, 3.8) is 0 Å². The maximum absolute atomic E-state index is 14.0. The van der Waals surface area contributed by atoms with E-state index in [9.17, 15) is 17.6 Å². The Hall–Kier alpha value is -2.93. The van der Waals surface area contributed by atoms with Crippen molar-refractivity contribution in [2.45, 2.75) is 4.90 Å². The van der Waals surface area contributed by atoms with Crippen molar-refractivity contribution in [2.24, 2.45) is 0 Å². The molecule has 1 aromatic heterocycles. The van der Waals surface area contributed by atoms with Crippen molar-refractivity contribution >= 4 is 16.1 Å². The van der Waals surface area contributed by atoms with Gasteiger partial charge in [-0.2, -0.15) is 0 Å². The molecule has 0 N–H and O–H groups in total. The molecule has 0 radical (unpaired) electrons. The van der Waals surface area contributed by atoms with Crippen molar-refractivity contribution in [2.75, 3.05) is 6.26 Å². The minimum absolute atomic E-state index is 0.0820. The maximum atomic E-state index is 14.0. The fraction of sp³-hybridized carbons (Fsp3) is 0.0556. The van der Waals surface area contributed by atoms with Gasteiger partial charge in [-0.05, 0) is 54.6 Å². The molecule has 1 heterocycles. The number of carbonyl (C=O) groups excluding carboxylic acids is 1. The monoisotopic (exact) mass is 360 g/mol. The van der Waals surface area contributed by atoms with E-state index in [0.29, 0.717) is 17.8 Å². The van der Waals surface area contributed by atoms with Gasteiger partial charge in [-0.3, -0.25) is 4.79 Å². The summed E-state index contributed by atoms with van der Waals surface area (Å²) < 4.78 is 47.6. The number of halogens is 1. The van der Waals surface area contributed by atoms with Gasteiger partial charge in [0, 0.05) is 11.8 Å². The summed E-state index contributed by atoms with van der Waals surface area (Å²) in [5.41, 5.74) is 0.730. The average Bonchev–Trinajstić information content (AvgIpc) is 3.05. The second kappa shape index (κ2) is 6.52. The molecule has 0 aliphatic rings. The number of benzene rings is 2. The number of ether oxygens (including phenoxy) is 1. The van der Waals surface area contributed by atoms with E-state index in [1.165, 1.54) is 12.1 Å². The Bertz CT molecular complexity index is 1020. The predicted octanol–water partition coefficient (Wildman–Crippen LogP) is 4.09. The summed E-state index contributed by atoms with van der Waals surface area (Å²) in [6.45, 7) is 0. The van der Waals surface area contributed by atoms with Gasteiger partial charge in [-0.15, -0.1) is 0 Å². The topological polar surface area (TPSA) is 73.6 Å². The van der Waals surface area contributed by atoms with Crippen LogP contribution in [0, 0.1) is 5.82 Å². The van der Waals surface area contributed by atoms with Gasteiger partial charge in [0.05, 0.1) is 4.90 Å². The Kier molecular flexibility index (Phi) is 4.41. The lowest BCUT2D eigenvalue weighted by Gasteiger charge is -2.08. The molecule has 0 fully saturated rings. The fourth-order valence-corrected chi connectivity index (χ4v) is 2.81. The highest BCUT2D eigenvalue weighted by molar-refractivity contribution is 7.90. The molecule has 0 aliphatic heterocycles. The van der Waals surface area contributed by atoms with E-state index in [4.69, 9.17) is 9.15 Å². The summed E-state index contributed by atoms with van der Waals surface area (Å²) in [4.78, 5) is 10.5. The average molecular weight is 360 g/mol. The molecule has 0 aliphatic carbocycles. The summed E-state index contributed by atoms with van der Waals surface area (Å²) in [5, 5.41) is 0. The van der Waals surface area contributed by atoms with Gasteiger partial charge in [-0.1, -0.05) is 0 Å². The highest BCUT2D eigenvalue weighted by Gasteiger charge is 2.12. The van der Waals surface area contributed by atoms with Crippen LogP contribution < -0.4 is 4.74 Å². The molecule has 7 heteroatoms. The zero-order chi connectivity index (χ0) is 18.0. The van der Waals surface area contributed by atoms with Crippen LogP contribution in [0.1, 0.15) is 10.6 Å². The van der Waals surface area contributed by atoms with Gasteiger partial charge in [0.1, 0.15) is 11.5 Å². The Balaban J connectivity index is 1.81. The molecule has 0 atom stereocenters. The first kappa shape index (κ1) is 16.9. The van der Waals surface area contributed by atoms with Gasteiger partial charge >= 0.3 is 0 Å². The van der Waals surface area contributed by atoms with Crippen molar-refractivity contribution in [1.29, 1.82) is 0 Å². The first-order valence-corrected chi connectivity index (χ1v) is 9.09. The van der Waals surface area contributed by atoms with Crippen molar-refractivity contribution in [1.82, 2.24) is 0 Å². The van der Waals surface area contributed by atoms with E-state index in [1.807, 2.05) is 0 Å². The highest BCUT2D eigenvalue weighted by atomic mass is 32.2. The van der Waals surface area contributed by atoms with E-state index >= 15 is 0 Å². The third-order valence-corrected chi connectivity index (χ3v) is 4.55. The van der Waals surface area contributed by atoms with Gasteiger partial charge in [0.25, 0.3) is 0 Å². The molecule has 0 spiro atoms. The predicted molar refractivity (Wildman–Crippen MR) is 89.1 cm³/mol. The Morgan fingerprint density at radius 2 is 1.76 bits per heavy atom. The third-order valence-electron chi connectivity index (χ3n) is 3.44. The molecule has 0 amide bonds. The number of carbonyl (C=O) groups is 1. The standard InChI is InChI=1S/C18H13FO5S/c1-25(21,22)15-7-9-18(16(19)10-15)23-13-4-2-12(3-5-13)17-8-6-14(11-20)24-17/h2-11H,1H3. The van der Waals surface area contributed by atoms with E-state index in [-0.39, 0.29) is 16.4 Å². The van der Waals surface area contributed by atoms with Crippen LogP contribution in [-0.4, -0.2) is 21.0 Å². The molecule has 0 saturated heterocycles. The molecule has 5 nitrogen and oxygen atoms in total. The molecule has 3 rings (SSSR count). The highest BCUT2D eigenvalue weighted by Crippen LogP contribution is 2.29. The van der Waals surface area contributed by atoms with E-state index < -0.39 is 15.7 Å². The number of aldehydes is 1. The summed E-state index contributed by atoms with van der Waals surface area (Å²) in [7, 11) is -3.48. The quantitative estimate of drug-likeness (QED) is 0.641. The summed E-state index contributed by atoms with van der Waals surface area (Å²) in [6, 6.07) is 13.3. The number of hydrogen-bond donors (Lipinski definition) is 0. The largest absolute Gasteiger partial charge is 0.454 e. The normalized spacial score (nSPS) is 11.3. The van der Waals surface area contributed by atoms with Gasteiger partial charge < -0.3 is 9.15 Å².